The van der Waals surface area contributed by atoms with Crippen molar-refractivity contribution in [2.75, 3.05) is 49.6 Å². The fourth-order valence-electron chi connectivity index (χ4n) is 3.93. The molecular weight excluding hydrogens is 454 g/mol. The molecule has 1 fully saturated rings. The highest BCUT2D eigenvalue weighted by molar-refractivity contribution is 7.89. The molecule has 2 heterocycles. The largest absolute Gasteiger partial charge is 0.379 e. The van der Waals surface area contributed by atoms with Gasteiger partial charge < -0.3 is 15.0 Å². The highest BCUT2D eigenvalue weighted by Crippen LogP contribution is 2.31. The Bertz CT molecular complexity index is 1220. The summed E-state index contributed by atoms with van der Waals surface area (Å²) in [5.74, 6) is -0.318. The average Bonchev–Trinajstić information content (AvgIpc) is 3.41. The summed E-state index contributed by atoms with van der Waals surface area (Å²) >= 11 is 0. The zero-order valence-corrected chi connectivity index (χ0v) is 20.2. The molecule has 0 aliphatic carbocycles. The van der Waals surface area contributed by atoms with Crippen LogP contribution in [0.3, 0.4) is 0 Å². The number of anilines is 2. The number of hydrogen-bond donors (Lipinski definition) is 1. The number of hydrogen-bond acceptors (Lipinski definition) is 6. The van der Waals surface area contributed by atoms with Crippen molar-refractivity contribution in [3.8, 4) is 5.69 Å². The fourth-order valence-corrected chi connectivity index (χ4v) is 5.37. The first kappa shape index (κ1) is 23.9. The first-order valence-electron chi connectivity index (χ1n) is 11.3. The Hall–Kier alpha value is -3.21. The van der Waals surface area contributed by atoms with Crippen molar-refractivity contribution < 1.29 is 17.9 Å². The Labute approximate surface area is 200 Å². The third-order valence-corrected chi connectivity index (χ3v) is 7.72. The van der Waals surface area contributed by atoms with Gasteiger partial charge in [-0.25, -0.2) is 13.1 Å². The van der Waals surface area contributed by atoms with Gasteiger partial charge >= 0.3 is 0 Å². The molecule has 180 valence electrons. The molecule has 1 amide bonds. The van der Waals surface area contributed by atoms with Gasteiger partial charge in [0, 0.05) is 44.1 Å². The Kier molecular flexibility index (Phi) is 7.30. The van der Waals surface area contributed by atoms with E-state index in [1.54, 1.807) is 41.2 Å². The molecule has 3 aromatic rings. The molecule has 0 saturated carbocycles. The zero-order chi connectivity index (χ0) is 24.1. The number of morpholine rings is 1. The van der Waals surface area contributed by atoms with E-state index in [1.165, 1.54) is 4.31 Å². The van der Waals surface area contributed by atoms with Crippen LogP contribution in [0.2, 0.25) is 0 Å². The summed E-state index contributed by atoms with van der Waals surface area (Å²) in [6, 6.07) is 13.8. The van der Waals surface area contributed by atoms with Gasteiger partial charge in [0.15, 0.2) is 0 Å². The van der Waals surface area contributed by atoms with Crippen LogP contribution >= 0.6 is 0 Å². The first-order chi connectivity index (χ1) is 16.4. The van der Waals surface area contributed by atoms with E-state index in [2.05, 4.69) is 15.3 Å². The molecule has 1 saturated heterocycles. The second-order valence-corrected chi connectivity index (χ2v) is 9.76. The van der Waals surface area contributed by atoms with Crippen LogP contribution in [0.1, 0.15) is 24.2 Å². The van der Waals surface area contributed by atoms with Crippen LogP contribution in [0.15, 0.2) is 65.8 Å². The maximum Gasteiger partial charge on any atom is 0.255 e. The van der Waals surface area contributed by atoms with E-state index < -0.39 is 10.0 Å². The van der Waals surface area contributed by atoms with E-state index in [-0.39, 0.29) is 10.8 Å². The number of carbonyl (C=O) groups excluding carboxylic acids is 1. The van der Waals surface area contributed by atoms with Crippen LogP contribution in [-0.4, -0.2) is 67.8 Å². The van der Waals surface area contributed by atoms with Crippen LogP contribution in [0.25, 0.3) is 5.69 Å². The second kappa shape index (κ2) is 10.4. The second-order valence-electron chi connectivity index (χ2n) is 7.82. The smallest absolute Gasteiger partial charge is 0.255 e. The Morgan fingerprint density at radius 3 is 2.41 bits per heavy atom. The summed E-state index contributed by atoms with van der Waals surface area (Å²) in [5, 5.41) is 7.13. The number of benzene rings is 2. The van der Waals surface area contributed by atoms with E-state index in [0.717, 1.165) is 11.4 Å². The molecule has 34 heavy (non-hydrogen) atoms. The molecule has 0 spiro atoms. The van der Waals surface area contributed by atoms with Crippen molar-refractivity contribution in [1.29, 1.82) is 0 Å². The maximum atomic E-state index is 13.2. The molecular formula is C24H29N5O4S. The molecule has 1 N–H and O–H groups in total. The molecule has 1 aliphatic heterocycles. The van der Waals surface area contributed by atoms with Gasteiger partial charge in [-0.1, -0.05) is 0 Å². The van der Waals surface area contributed by atoms with Crippen molar-refractivity contribution in [2.24, 2.45) is 0 Å². The molecule has 0 radical (unpaired) electrons. The molecule has 0 unspecified atom stereocenters. The standard InChI is InChI=1S/C24H29N5O4S/c1-3-27(4-2)23-11-10-21(34(31,32)28-14-16-33-17-15-28)18-22(23)26-24(30)19-6-8-20(9-7-19)29-13-5-12-25-29/h5-13,18H,3-4,14-17H2,1-2H3,(H,26,30). The lowest BCUT2D eigenvalue weighted by Gasteiger charge is -2.28. The summed E-state index contributed by atoms with van der Waals surface area (Å²) in [5.41, 5.74) is 2.53. The minimum absolute atomic E-state index is 0.148. The highest BCUT2D eigenvalue weighted by atomic mass is 32.2. The number of carbonyl (C=O) groups is 1. The number of nitrogens with zero attached hydrogens (tertiary/aromatic N) is 4. The molecule has 0 bridgehead atoms. The number of aromatic nitrogens is 2. The van der Waals surface area contributed by atoms with Crippen molar-refractivity contribution in [2.45, 2.75) is 18.7 Å². The van der Waals surface area contributed by atoms with Crippen LogP contribution in [0, 0.1) is 0 Å². The maximum absolute atomic E-state index is 13.2. The minimum Gasteiger partial charge on any atom is -0.379 e. The third kappa shape index (κ3) is 4.98. The average molecular weight is 484 g/mol. The number of ether oxygens (including phenoxy) is 1. The van der Waals surface area contributed by atoms with Crippen molar-refractivity contribution in [3.05, 3.63) is 66.5 Å². The van der Waals surface area contributed by atoms with Crippen LogP contribution in [0.5, 0.6) is 0 Å². The third-order valence-electron chi connectivity index (χ3n) is 5.83. The van der Waals surface area contributed by atoms with Crippen LogP contribution < -0.4 is 10.2 Å². The van der Waals surface area contributed by atoms with Gasteiger partial charge in [-0.3, -0.25) is 4.79 Å². The highest BCUT2D eigenvalue weighted by Gasteiger charge is 2.27. The number of nitrogens with one attached hydrogen (secondary N) is 1. The van der Waals surface area contributed by atoms with Gasteiger partial charge in [-0.2, -0.15) is 9.40 Å². The lowest BCUT2D eigenvalue weighted by molar-refractivity contribution is 0.0730. The topological polar surface area (TPSA) is 96.8 Å². The van der Waals surface area contributed by atoms with E-state index in [4.69, 9.17) is 4.74 Å². The predicted octanol–water partition coefficient (Wildman–Crippen LogP) is 2.99. The summed E-state index contributed by atoms with van der Waals surface area (Å²) in [6.45, 7) is 6.82. The molecule has 2 aromatic carbocycles. The van der Waals surface area contributed by atoms with Crippen molar-refractivity contribution in [3.63, 3.8) is 0 Å². The van der Waals surface area contributed by atoms with E-state index >= 15 is 0 Å². The molecule has 1 aromatic heterocycles. The lowest BCUT2D eigenvalue weighted by Crippen LogP contribution is -2.40. The van der Waals surface area contributed by atoms with Gasteiger partial charge in [-0.05, 0) is 62.4 Å². The summed E-state index contributed by atoms with van der Waals surface area (Å²) in [7, 11) is -3.70. The van der Waals surface area contributed by atoms with Crippen LogP contribution in [-0.2, 0) is 14.8 Å². The number of rotatable bonds is 8. The summed E-state index contributed by atoms with van der Waals surface area (Å²) in [6.07, 6.45) is 3.51. The van der Waals surface area contributed by atoms with Gasteiger partial charge in [0.2, 0.25) is 10.0 Å². The SMILES string of the molecule is CCN(CC)c1ccc(S(=O)(=O)N2CCOCC2)cc1NC(=O)c1ccc(-n2cccn2)cc1. The van der Waals surface area contributed by atoms with Gasteiger partial charge in [0.05, 0.1) is 35.2 Å². The molecule has 1 aliphatic rings. The van der Waals surface area contributed by atoms with E-state index in [0.29, 0.717) is 50.6 Å². The summed E-state index contributed by atoms with van der Waals surface area (Å²) in [4.78, 5) is 15.3. The number of sulfonamides is 1. The van der Waals surface area contributed by atoms with Gasteiger partial charge in [-0.15, -0.1) is 0 Å². The Morgan fingerprint density at radius 1 is 1.09 bits per heavy atom. The molecule has 10 heteroatoms. The lowest BCUT2D eigenvalue weighted by atomic mass is 10.1. The normalized spacial score (nSPS) is 14.6. The van der Waals surface area contributed by atoms with Crippen molar-refractivity contribution in [1.82, 2.24) is 14.1 Å². The van der Waals surface area contributed by atoms with Gasteiger partial charge in [0.1, 0.15) is 0 Å². The minimum atomic E-state index is -3.70. The monoisotopic (exact) mass is 483 g/mol. The van der Waals surface area contributed by atoms with Crippen LogP contribution in [0.4, 0.5) is 11.4 Å². The van der Waals surface area contributed by atoms with E-state index in [1.807, 2.05) is 38.2 Å². The number of amides is 1. The Morgan fingerprint density at radius 2 is 1.79 bits per heavy atom. The predicted molar refractivity (Wildman–Crippen MR) is 131 cm³/mol. The van der Waals surface area contributed by atoms with E-state index in [9.17, 15) is 13.2 Å². The Balaban J connectivity index is 1.64. The van der Waals surface area contributed by atoms with Crippen molar-refractivity contribution >= 4 is 27.3 Å². The summed E-state index contributed by atoms with van der Waals surface area (Å²) < 4.78 is 34.8. The quantitative estimate of drug-likeness (QED) is 0.529. The molecule has 4 rings (SSSR count). The first-order valence-corrected chi connectivity index (χ1v) is 12.8. The zero-order valence-electron chi connectivity index (χ0n) is 19.3. The fraction of sp³-hybridized carbons (Fsp3) is 0.333. The molecule has 0 atom stereocenters. The van der Waals surface area contributed by atoms with Gasteiger partial charge in [0.25, 0.3) is 5.91 Å². The molecule has 9 nitrogen and oxygen atoms in total.